The molecule has 8 heteroatoms. The molecule has 1 amide bonds. The molecule has 0 aliphatic rings. The molecule has 0 saturated carbocycles. The molecule has 0 bridgehead atoms. The molecule has 2 aromatic carbocycles. The standard InChI is InChI=1S/C19H18ClN2O3PS/c1-26(24,25)18(15-11-27-17-7-6-13(20)10-14(15)17)19(23)22-9-8-12-4-2-3-5-16(12)21/h2-11,18H,21H2,1H3,(H,22,23)(H,24,25)/b9-8+. The van der Waals surface area contributed by atoms with E-state index in [1.807, 2.05) is 18.2 Å². The number of para-hydroxylation sites is 1. The van der Waals surface area contributed by atoms with E-state index in [0.29, 0.717) is 21.7 Å². The number of nitrogens with one attached hydrogen (secondary N) is 1. The molecule has 0 radical (unpaired) electrons. The quantitative estimate of drug-likeness (QED) is 0.405. The second-order valence-electron chi connectivity index (χ2n) is 6.15. The van der Waals surface area contributed by atoms with E-state index in [4.69, 9.17) is 17.3 Å². The summed E-state index contributed by atoms with van der Waals surface area (Å²) in [5.41, 5.74) is 6.48. The highest BCUT2D eigenvalue weighted by Crippen LogP contribution is 2.54. The lowest BCUT2D eigenvalue weighted by molar-refractivity contribution is -0.120. The Morgan fingerprint density at radius 2 is 2.07 bits per heavy atom. The van der Waals surface area contributed by atoms with E-state index >= 15 is 0 Å². The Balaban J connectivity index is 1.91. The third-order valence-corrected chi connectivity index (χ3v) is 6.76. The molecule has 2 unspecified atom stereocenters. The first-order valence-electron chi connectivity index (χ1n) is 8.05. The van der Waals surface area contributed by atoms with Gasteiger partial charge in [-0.3, -0.25) is 9.36 Å². The summed E-state index contributed by atoms with van der Waals surface area (Å²) < 4.78 is 13.4. The highest BCUT2D eigenvalue weighted by Gasteiger charge is 2.36. The van der Waals surface area contributed by atoms with Crippen LogP contribution in [-0.4, -0.2) is 17.5 Å². The predicted octanol–water partition coefficient (Wildman–Crippen LogP) is 4.87. The Morgan fingerprint density at radius 3 is 2.78 bits per heavy atom. The van der Waals surface area contributed by atoms with Gasteiger partial charge in [0.1, 0.15) is 5.66 Å². The number of rotatable bonds is 5. The molecular formula is C19H18ClN2O3PS. The Labute approximate surface area is 165 Å². The van der Waals surface area contributed by atoms with Crippen LogP contribution in [0.5, 0.6) is 0 Å². The Kier molecular flexibility index (Phi) is 5.72. The van der Waals surface area contributed by atoms with Gasteiger partial charge in [0, 0.05) is 28.3 Å². The van der Waals surface area contributed by atoms with Crippen molar-refractivity contribution in [1.82, 2.24) is 5.32 Å². The fourth-order valence-corrected chi connectivity index (χ4v) is 5.28. The lowest BCUT2D eigenvalue weighted by Crippen LogP contribution is -2.25. The highest BCUT2D eigenvalue weighted by molar-refractivity contribution is 7.58. The monoisotopic (exact) mass is 420 g/mol. The number of thiophene rings is 1. The molecule has 3 rings (SSSR count). The van der Waals surface area contributed by atoms with Crippen LogP contribution in [0.15, 0.2) is 54.0 Å². The maximum absolute atomic E-state index is 12.7. The van der Waals surface area contributed by atoms with Gasteiger partial charge in [-0.2, -0.15) is 0 Å². The SMILES string of the molecule is CP(=O)(O)C(C(=O)N/C=C/c1ccccc1N)c1csc2ccc(Cl)cc12. The molecule has 2 atom stereocenters. The molecule has 140 valence electrons. The molecule has 1 aromatic heterocycles. The first kappa shape index (κ1) is 19.6. The van der Waals surface area contributed by atoms with Crippen molar-refractivity contribution in [2.24, 2.45) is 0 Å². The molecular weight excluding hydrogens is 403 g/mol. The number of hydrogen-bond donors (Lipinski definition) is 3. The van der Waals surface area contributed by atoms with Crippen molar-refractivity contribution >= 4 is 58.1 Å². The summed E-state index contributed by atoms with van der Waals surface area (Å²) in [5.74, 6) is -0.561. The van der Waals surface area contributed by atoms with Crippen molar-refractivity contribution in [3.05, 3.63) is 70.2 Å². The molecule has 0 aliphatic carbocycles. The van der Waals surface area contributed by atoms with Crippen LogP contribution in [0.2, 0.25) is 5.02 Å². The smallest absolute Gasteiger partial charge is 0.241 e. The van der Waals surface area contributed by atoms with Crippen molar-refractivity contribution in [1.29, 1.82) is 0 Å². The highest BCUT2D eigenvalue weighted by atomic mass is 35.5. The Bertz CT molecular complexity index is 1070. The zero-order valence-electron chi connectivity index (χ0n) is 14.4. The normalized spacial score (nSPS) is 14.9. The first-order valence-corrected chi connectivity index (χ1v) is 11.5. The molecule has 4 N–H and O–H groups in total. The lowest BCUT2D eigenvalue weighted by Gasteiger charge is -2.18. The van der Waals surface area contributed by atoms with Crippen LogP contribution in [0.1, 0.15) is 16.8 Å². The van der Waals surface area contributed by atoms with Gasteiger partial charge in [-0.1, -0.05) is 29.8 Å². The van der Waals surface area contributed by atoms with E-state index < -0.39 is 18.9 Å². The number of hydrogen-bond acceptors (Lipinski definition) is 4. The van der Waals surface area contributed by atoms with Crippen LogP contribution in [0.25, 0.3) is 16.2 Å². The number of amides is 1. The van der Waals surface area contributed by atoms with Crippen molar-refractivity contribution in [3.63, 3.8) is 0 Å². The lowest BCUT2D eigenvalue weighted by atomic mass is 10.1. The van der Waals surface area contributed by atoms with E-state index in [9.17, 15) is 14.3 Å². The number of nitrogens with two attached hydrogens (primary N) is 1. The average Bonchev–Trinajstić information content (AvgIpc) is 2.98. The van der Waals surface area contributed by atoms with Gasteiger partial charge < -0.3 is 15.9 Å². The molecule has 0 spiro atoms. The van der Waals surface area contributed by atoms with Crippen molar-refractivity contribution in [3.8, 4) is 0 Å². The topological polar surface area (TPSA) is 92.4 Å². The summed E-state index contributed by atoms with van der Waals surface area (Å²) in [5, 5.41) is 5.54. The predicted molar refractivity (Wildman–Crippen MR) is 113 cm³/mol. The molecule has 27 heavy (non-hydrogen) atoms. The average molecular weight is 421 g/mol. The van der Waals surface area contributed by atoms with Gasteiger partial charge in [-0.15, -0.1) is 11.3 Å². The van der Waals surface area contributed by atoms with E-state index in [-0.39, 0.29) is 0 Å². The number of carbonyl (C=O) groups excluding carboxylic acids is 1. The fraction of sp³-hybridized carbons (Fsp3) is 0.105. The van der Waals surface area contributed by atoms with Crippen LogP contribution < -0.4 is 11.1 Å². The van der Waals surface area contributed by atoms with Crippen molar-refractivity contribution in [2.75, 3.05) is 12.4 Å². The summed E-state index contributed by atoms with van der Waals surface area (Å²) in [7, 11) is -3.77. The molecule has 0 fully saturated rings. The fourth-order valence-electron chi connectivity index (χ4n) is 2.80. The largest absolute Gasteiger partial charge is 0.398 e. The number of halogens is 1. The zero-order valence-corrected chi connectivity index (χ0v) is 16.9. The molecule has 1 heterocycles. The third kappa shape index (κ3) is 4.42. The van der Waals surface area contributed by atoms with Gasteiger partial charge in [0.25, 0.3) is 0 Å². The van der Waals surface area contributed by atoms with Crippen LogP contribution in [0.4, 0.5) is 5.69 Å². The maximum atomic E-state index is 12.7. The maximum Gasteiger partial charge on any atom is 0.241 e. The number of nitrogen functional groups attached to an aromatic ring is 1. The summed E-state index contributed by atoms with van der Waals surface area (Å²) in [6.07, 6.45) is 3.07. The summed E-state index contributed by atoms with van der Waals surface area (Å²) in [6.45, 7) is 1.18. The van der Waals surface area contributed by atoms with E-state index in [1.54, 1.807) is 35.7 Å². The Hall–Kier alpha value is -2.11. The number of benzene rings is 2. The minimum atomic E-state index is -3.77. The van der Waals surface area contributed by atoms with Gasteiger partial charge in [0.2, 0.25) is 13.3 Å². The summed E-state index contributed by atoms with van der Waals surface area (Å²) in [4.78, 5) is 23.0. The van der Waals surface area contributed by atoms with Crippen molar-refractivity contribution in [2.45, 2.75) is 5.66 Å². The molecule has 3 aromatic rings. The van der Waals surface area contributed by atoms with Gasteiger partial charge in [-0.05, 0) is 52.2 Å². The Morgan fingerprint density at radius 1 is 1.33 bits per heavy atom. The number of carbonyl (C=O) groups is 1. The van der Waals surface area contributed by atoms with Gasteiger partial charge in [-0.25, -0.2) is 0 Å². The van der Waals surface area contributed by atoms with Gasteiger partial charge >= 0.3 is 0 Å². The van der Waals surface area contributed by atoms with Gasteiger partial charge in [0.05, 0.1) is 0 Å². The van der Waals surface area contributed by atoms with Crippen LogP contribution in [-0.2, 0) is 9.36 Å². The molecule has 5 nitrogen and oxygen atoms in total. The minimum Gasteiger partial charge on any atom is -0.398 e. The third-order valence-electron chi connectivity index (χ3n) is 4.07. The first-order chi connectivity index (χ1) is 12.8. The van der Waals surface area contributed by atoms with E-state index in [1.165, 1.54) is 24.2 Å². The summed E-state index contributed by atoms with van der Waals surface area (Å²) in [6, 6.07) is 12.5. The summed E-state index contributed by atoms with van der Waals surface area (Å²) >= 11 is 7.46. The molecule has 0 aliphatic heterocycles. The van der Waals surface area contributed by atoms with Crippen molar-refractivity contribution < 1.29 is 14.3 Å². The van der Waals surface area contributed by atoms with E-state index in [0.717, 1.165) is 10.3 Å². The number of fused-ring (bicyclic) bond motifs is 1. The number of anilines is 1. The zero-order chi connectivity index (χ0) is 19.6. The van der Waals surface area contributed by atoms with Crippen LogP contribution >= 0.6 is 30.3 Å². The van der Waals surface area contributed by atoms with Crippen LogP contribution in [0, 0.1) is 0 Å². The second kappa shape index (κ2) is 7.87. The molecule has 0 saturated heterocycles. The van der Waals surface area contributed by atoms with E-state index in [2.05, 4.69) is 5.32 Å². The second-order valence-corrected chi connectivity index (χ2v) is 9.90. The van der Waals surface area contributed by atoms with Crippen LogP contribution in [0.3, 0.4) is 0 Å². The minimum absolute atomic E-state index is 0.496. The van der Waals surface area contributed by atoms with Gasteiger partial charge in [0.15, 0.2) is 0 Å².